The van der Waals surface area contributed by atoms with E-state index in [1.807, 2.05) is 30.0 Å². The fourth-order valence-corrected chi connectivity index (χ4v) is 3.32. The average molecular weight is 382 g/mol. The molecular weight excluding hydrogens is 356 g/mol. The summed E-state index contributed by atoms with van der Waals surface area (Å²) in [5.41, 5.74) is 2.61. The molecule has 0 spiro atoms. The van der Waals surface area contributed by atoms with E-state index in [0.29, 0.717) is 24.5 Å². The molecule has 0 atom stereocenters. The average Bonchev–Trinajstić information content (AvgIpc) is 2.73. The van der Waals surface area contributed by atoms with Crippen LogP contribution in [0.4, 0.5) is 5.69 Å². The Balaban J connectivity index is 1.75. The van der Waals surface area contributed by atoms with Crippen molar-refractivity contribution in [3.8, 4) is 5.75 Å². The number of anilines is 1. The normalized spacial score (nSPS) is 13.8. The third-order valence-corrected chi connectivity index (χ3v) is 4.85. The summed E-state index contributed by atoms with van der Waals surface area (Å²) in [7, 11) is 0. The quantitative estimate of drug-likeness (QED) is 0.756. The zero-order chi connectivity index (χ0) is 19.9. The summed E-state index contributed by atoms with van der Waals surface area (Å²) in [4.78, 5) is 25.7. The predicted octanol–water partition coefficient (Wildman–Crippen LogP) is 4.02. The second kappa shape index (κ2) is 9.26. The Morgan fingerprint density at radius 1 is 1.04 bits per heavy atom. The Morgan fingerprint density at radius 3 is 2.36 bits per heavy atom. The second-order valence-corrected chi connectivity index (χ2v) is 6.85. The van der Waals surface area contributed by atoms with E-state index < -0.39 is 5.97 Å². The van der Waals surface area contributed by atoms with Crippen LogP contribution in [0.1, 0.15) is 52.5 Å². The highest BCUT2D eigenvalue weighted by Gasteiger charge is 2.19. The van der Waals surface area contributed by atoms with Gasteiger partial charge in [0.05, 0.1) is 17.9 Å². The van der Waals surface area contributed by atoms with Gasteiger partial charge in [0.25, 0.3) is 5.91 Å². The number of piperidine rings is 1. The van der Waals surface area contributed by atoms with Crippen LogP contribution in [0.15, 0.2) is 42.5 Å². The van der Waals surface area contributed by atoms with E-state index in [4.69, 9.17) is 9.84 Å². The first kappa shape index (κ1) is 19.7. The molecule has 1 aliphatic heterocycles. The lowest BCUT2D eigenvalue weighted by molar-refractivity contribution is 0.0694. The lowest BCUT2D eigenvalue weighted by Crippen LogP contribution is -2.35. The van der Waals surface area contributed by atoms with Crippen LogP contribution < -0.4 is 10.1 Å². The number of nitrogens with one attached hydrogen (secondary N) is 1. The molecule has 6 nitrogen and oxygen atoms in total. The number of carbonyl (C=O) groups excluding carboxylic acids is 1. The Kier molecular flexibility index (Phi) is 6.53. The van der Waals surface area contributed by atoms with Crippen molar-refractivity contribution in [2.45, 2.75) is 32.7 Å². The lowest BCUT2D eigenvalue weighted by atomic mass is 10.1. The number of rotatable bonds is 7. The molecule has 0 radical (unpaired) electrons. The number of ether oxygens (including phenoxy) is 1. The summed E-state index contributed by atoms with van der Waals surface area (Å²) in [6.07, 6.45) is 3.29. The molecule has 2 aromatic carbocycles. The number of aromatic carboxylic acids is 1. The summed E-state index contributed by atoms with van der Waals surface area (Å²) in [6.45, 7) is 4.57. The molecule has 2 aromatic rings. The van der Waals surface area contributed by atoms with E-state index in [1.165, 1.54) is 6.42 Å². The minimum atomic E-state index is -0.943. The first-order chi connectivity index (χ1) is 13.6. The molecule has 0 aliphatic carbocycles. The Bertz CT molecular complexity index is 827. The number of benzene rings is 2. The molecule has 1 aliphatic rings. The van der Waals surface area contributed by atoms with Gasteiger partial charge < -0.3 is 20.1 Å². The van der Waals surface area contributed by atoms with Crippen molar-refractivity contribution in [3.05, 3.63) is 59.2 Å². The number of hydrogen-bond donors (Lipinski definition) is 2. The summed E-state index contributed by atoms with van der Waals surface area (Å²) in [5, 5.41) is 12.3. The van der Waals surface area contributed by atoms with Crippen LogP contribution in [0, 0.1) is 0 Å². The van der Waals surface area contributed by atoms with Gasteiger partial charge in [-0.15, -0.1) is 0 Å². The highest BCUT2D eigenvalue weighted by Crippen LogP contribution is 2.27. The minimum Gasteiger partial charge on any atom is -0.492 e. The first-order valence-electron chi connectivity index (χ1n) is 9.70. The van der Waals surface area contributed by atoms with Gasteiger partial charge >= 0.3 is 5.97 Å². The number of carboxylic acids is 1. The number of carboxylic acid groups (broad SMARTS) is 1. The third-order valence-electron chi connectivity index (χ3n) is 4.85. The zero-order valence-corrected chi connectivity index (χ0v) is 16.1. The van der Waals surface area contributed by atoms with Crippen molar-refractivity contribution in [2.24, 2.45) is 0 Å². The Labute approximate surface area is 165 Å². The molecule has 6 heteroatoms. The Hall–Kier alpha value is -3.02. The Morgan fingerprint density at radius 2 is 1.71 bits per heavy atom. The molecule has 1 heterocycles. The van der Waals surface area contributed by atoms with Gasteiger partial charge in [-0.05, 0) is 62.1 Å². The van der Waals surface area contributed by atoms with Gasteiger partial charge in [-0.1, -0.05) is 12.1 Å². The number of hydrogen-bond acceptors (Lipinski definition) is 4. The molecule has 0 aromatic heterocycles. The SMILES string of the molecule is CCOc1ccc(C(=O)N2CCCCC2)cc1NCc1ccc(C(=O)O)cc1. The zero-order valence-electron chi connectivity index (χ0n) is 16.1. The maximum atomic E-state index is 12.8. The molecular formula is C22H26N2O4. The highest BCUT2D eigenvalue weighted by molar-refractivity contribution is 5.95. The standard InChI is InChI=1S/C22H26N2O4/c1-2-28-20-11-10-18(21(25)24-12-4-3-5-13-24)14-19(20)23-15-16-6-8-17(9-7-16)22(26)27/h6-11,14,23H,2-5,12-13,15H2,1H3,(H,26,27). The van der Waals surface area contributed by atoms with Crippen LogP contribution >= 0.6 is 0 Å². The first-order valence-corrected chi connectivity index (χ1v) is 9.70. The van der Waals surface area contributed by atoms with Crippen molar-refractivity contribution in [1.29, 1.82) is 0 Å². The largest absolute Gasteiger partial charge is 0.492 e. The number of carbonyl (C=O) groups is 2. The summed E-state index contributed by atoms with van der Waals surface area (Å²) < 4.78 is 5.69. The summed E-state index contributed by atoms with van der Waals surface area (Å²) >= 11 is 0. The van der Waals surface area contributed by atoms with Gasteiger partial charge in [-0.25, -0.2) is 4.79 Å². The molecule has 1 saturated heterocycles. The number of amides is 1. The van der Waals surface area contributed by atoms with Crippen LogP contribution in [0.25, 0.3) is 0 Å². The summed E-state index contributed by atoms with van der Waals surface area (Å²) in [5.74, 6) is -0.196. The monoisotopic (exact) mass is 382 g/mol. The maximum absolute atomic E-state index is 12.8. The third kappa shape index (κ3) is 4.82. The topological polar surface area (TPSA) is 78.9 Å². The van der Waals surface area contributed by atoms with Gasteiger partial charge in [0.1, 0.15) is 5.75 Å². The van der Waals surface area contributed by atoms with Crippen LogP contribution in [0.3, 0.4) is 0 Å². The molecule has 1 fully saturated rings. The fourth-order valence-electron chi connectivity index (χ4n) is 3.32. The van der Waals surface area contributed by atoms with Crippen molar-refractivity contribution < 1.29 is 19.4 Å². The second-order valence-electron chi connectivity index (χ2n) is 6.85. The lowest BCUT2D eigenvalue weighted by Gasteiger charge is -2.27. The predicted molar refractivity (Wildman–Crippen MR) is 108 cm³/mol. The minimum absolute atomic E-state index is 0.0524. The summed E-state index contributed by atoms with van der Waals surface area (Å²) in [6, 6.07) is 12.2. The van der Waals surface area contributed by atoms with E-state index in [1.54, 1.807) is 24.3 Å². The number of likely N-dealkylation sites (tertiary alicyclic amines) is 1. The van der Waals surface area contributed by atoms with E-state index in [-0.39, 0.29) is 11.5 Å². The van der Waals surface area contributed by atoms with Crippen molar-refractivity contribution in [2.75, 3.05) is 25.0 Å². The molecule has 1 amide bonds. The van der Waals surface area contributed by atoms with Crippen molar-refractivity contribution in [1.82, 2.24) is 4.90 Å². The molecule has 0 unspecified atom stereocenters. The number of nitrogens with zero attached hydrogens (tertiary/aromatic N) is 1. The molecule has 3 rings (SSSR count). The van der Waals surface area contributed by atoms with Gasteiger partial charge in [-0.3, -0.25) is 4.79 Å². The fraction of sp³-hybridized carbons (Fsp3) is 0.364. The molecule has 0 saturated carbocycles. The van der Waals surface area contributed by atoms with Gasteiger partial charge in [0.15, 0.2) is 0 Å². The molecule has 2 N–H and O–H groups in total. The van der Waals surface area contributed by atoms with Crippen LogP contribution in [0.5, 0.6) is 5.75 Å². The van der Waals surface area contributed by atoms with Gasteiger partial charge in [-0.2, -0.15) is 0 Å². The molecule has 28 heavy (non-hydrogen) atoms. The van der Waals surface area contributed by atoms with E-state index >= 15 is 0 Å². The van der Waals surface area contributed by atoms with Crippen molar-refractivity contribution in [3.63, 3.8) is 0 Å². The van der Waals surface area contributed by atoms with E-state index in [9.17, 15) is 9.59 Å². The smallest absolute Gasteiger partial charge is 0.335 e. The molecule has 0 bridgehead atoms. The van der Waals surface area contributed by atoms with Crippen LogP contribution in [-0.2, 0) is 6.54 Å². The van der Waals surface area contributed by atoms with Crippen molar-refractivity contribution >= 4 is 17.6 Å². The highest BCUT2D eigenvalue weighted by atomic mass is 16.5. The molecule has 148 valence electrons. The van der Waals surface area contributed by atoms with Crippen LogP contribution in [0.2, 0.25) is 0 Å². The van der Waals surface area contributed by atoms with E-state index in [0.717, 1.165) is 37.2 Å². The van der Waals surface area contributed by atoms with E-state index in [2.05, 4.69) is 5.32 Å². The maximum Gasteiger partial charge on any atom is 0.335 e. The van der Waals surface area contributed by atoms with Gasteiger partial charge in [0.2, 0.25) is 0 Å². The van der Waals surface area contributed by atoms with Crippen LogP contribution in [-0.4, -0.2) is 41.6 Å². The van der Waals surface area contributed by atoms with Gasteiger partial charge in [0, 0.05) is 25.2 Å².